The van der Waals surface area contributed by atoms with Crippen molar-refractivity contribution in [3.8, 4) is 0 Å². The summed E-state index contributed by atoms with van der Waals surface area (Å²) in [6.45, 7) is 6.82. The molecule has 8 aromatic carbocycles. The van der Waals surface area contributed by atoms with E-state index in [1.807, 2.05) is 243 Å². The van der Waals surface area contributed by atoms with E-state index in [1.165, 1.54) is 13.8 Å². The van der Waals surface area contributed by atoms with Crippen LogP contribution in [0.2, 0.25) is 0 Å². The van der Waals surface area contributed by atoms with Crippen LogP contribution in [0.5, 0.6) is 0 Å². The van der Waals surface area contributed by atoms with Gasteiger partial charge in [-0.3, -0.25) is 9.59 Å². The standard InChI is InChI=1S/2C28H26O3P2.2C2H6O.3NO3.Nd/c2*1-23(29)22-28(32(30,24-14-6-2-7-15-24)25-16-8-3-9-17-25)33(31,26-18-10-4-11-19-26)27-20-12-5-13-21-27;2*1-2-3;3*2-1(3)4;/h2*2-21,28H,22H2,1H3;2*3H,2H2,1H3;;;;/q;;;;3*-1;+3. The van der Waals surface area contributed by atoms with Crippen LogP contribution in [0.1, 0.15) is 40.5 Å². The molecule has 2 N–H and O–H groups in total. The number of nitrogens with zero attached hydrogens (tertiary/aromatic N) is 3. The maximum Gasteiger partial charge on any atom is 3.00 e. The minimum Gasteiger partial charge on any atom is -0.397 e. The van der Waals surface area contributed by atoms with Crippen molar-refractivity contribution in [3.63, 3.8) is 0 Å². The maximum absolute atomic E-state index is 15.3. The zero-order valence-corrected chi connectivity index (χ0v) is 53.5. The number of hydrogen-bond donors (Lipinski definition) is 2. The topological polar surface area (TPSA) is 341 Å². The molecule has 0 unspecified atom stereocenters. The first-order valence-corrected chi connectivity index (χ1v) is 32.6. The average Bonchev–Trinajstić information content (AvgIpc) is 2.13. The van der Waals surface area contributed by atoms with Gasteiger partial charge in [-0.05, 0) is 27.7 Å². The molecule has 0 atom stereocenters. The Balaban J connectivity index is 0.000000656. The predicted octanol–water partition coefficient (Wildman–Crippen LogP) is 9.92. The Morgan fingerprint density at radius 1 is 0.329 bits per heavy atom. The van der Waals surface area contributed by atoms with Crippen LogP contribution in [-0.2, 0) is 27.8 Å². The summed E-state index contributed by atoms with van der Waals surface area (Å²) in [5.41, 5.74) is 0. The summed E-state index contributed by atoms with van der Waals surface area (Å²) in [7, 11) is -14.1. The Bertz CT molecular complexity index is 2820. The Kier molecular flexibility index (Phi) is 35.3. The summed E-state index contributed by atoms with van der Waals surface area (Å²) in [5, 5.41) is 62.4. The first kappa shape index (κ1) is 75.9. The Labute approximate surface area is 526 Å². The molecule has 0 fully saturated rings. The largest absolute Gasteiger partial charge is 3.00 e. The van der Waals surface area contributed by atoms with Gasteiger partial charge in [0.05, 0.1) is 26.1 Å². The van der Waals surface area contributed by atoms with Crippen molar-refractivity contribution < 1.29 is 94.2 Å². The van der Waals surface area contributed by atoms with Crippen molar-refractivity contribution in [1.82, 2.24) is 0 Å². The van der Waals surface area contributed by atoms with E-state index < -0.39 is 54.6 Å². The molecule has 0 aliphatic carbocycles. The van der Waals surface area contributed by atoms with Crippen molar-refractivity contribution in [2.24, 2.45) is 0 Å². The van der Waals surface area contributed by atoms with Crippen LogP contribution < -0.4 is 42.4 Å². The molecule has 0 spiro atoms. The van der Waals surface area contributed by atoms with Gasteiger partial charge in [-0.15, -0.1) is 0 Å². The molecule has 0 heterocycles. The van der Waals surface area contributed by atoms with Gasteiger partial charge in [-0.1, -0.05) is 243 Å². The number of carbonyl (C=O) groups is 2. The zero-order chi connectivity index (χ0) is 62.8. The monoisotopic (exact) mass is 1360 g/mol. The SMILES string of the molecule is CC(=O)CC(P(=O)(c1ccccc1)c1ccccc1)P(=O)(c1ccccc1)c1ccccc1.CC(=O)CC(P(=O)(c1ccccc1)c1ccccc1)P(=O)(c1ccccc1)c1ccccc1.CCO.CCO.O=[N+]([O-])[O-].O=[N+]([O-])[O-].O=[N+]([O-])[O-].[Nd+3]. The fourth-order valence-electron chi connectivity index (χ4n) is 8.65. The molecule has 25 heteroatoms. The van der Waals surface area contributed by atoms with Crippen molar-refractivity contribution in [2.45, 2.75) is 51.3 Å². The van der Waals surface area contributed by atoms with Crippen LogP contribution in [0.3, 0.4) is 0 Å². The summed E-state index contributed by atoms with van der Waals surface area (Å²) < 4.78 is 61.3. The van der Waals surface area contributed by atoms with E-state index in [0.29, 0.717) is 42.4 Å². The average molecular weight is 1370 g/mol. The van der Waals surface area contributed by atoms with Crippen LogP contribution in [0.15, 0.2) is 243 Å². The van der Waals surface area contributed by atoms with E-state index in [2.05, 4.69) is 0 Å². The molecular formula is C60H64N3NdO17P4. The number of carbonyl (C=O) groups excluding carboxylic acids is 2. The third-order valence-electron chi connectivity index (χ3n) is 11.7. The van der Waals surface area contributed by atoms with Crippen molar-refractivity contribution in [1.29, 1.82) is 0 Å². The van der Waals surface area contributed by atoms with Crippen LogP contribution in [0.25, 0.3) is 0 Å². The molecule has 445 valence electrons. The number of aliphatic hydroxyl groups excluding tert-OH is 2. The van der Waals surface area contributed by atoms with Crippen molar-refractivity contribution in [2.75, 3.05) is 13.2 Å². The van der Waals surface area contributed by atoms with Crippen LogP contribution in [0, 0.1) is 86.8 Å². The van der Waals surface area contributed by atoms with E-state index in [9.17, 15) is 9.59 Å². The smallest absolute Gasteiger partial charge is 0.397 e. The maximum atomic E-state index is 15.3. The van der Waals surface area contributed by atoms with Gasteiger partial charge in [0.15, 0.2) is 28.6 Å². The van der Waals surface area contributed by atoms with Crippen LogP contribution in [-0.4, -0.2) is 61.1 Å². The first-order chi connectivity index (χ1) is 40.0. The molecule has 20 nitrogen and oxygen atoms in total. The second-order valence-electron chi connectivity index (χ2n) is 17.4. The molecule has 0 saturated carbocycles. The molecule has 8 rings (SSSR count). The Hall–Kier alpha value is -7.11. The molecule has 0 amide bonds. The molecular weight excluding hydrogens is 1300 g/mol. The summed E-state index contributed by atoms with van der Waals surface area (Å²) in [5.74, 6) is -0.279. The quantitative estimate of drug-likeness (QED) is 0.0516. The van der Waals surface area contributed by atoms with Gasteiger partial charge in [0.2, 0.25) is 0 Å². The number of rotatable bonds is 16. The normalized spacial score (nSPS) is 10.5. The zero-order valence-electron chi connectivity index (χ0n) is 46.7. The van der Waals surface area contributed by atoms with Gasteiger partial charge in [0, 0.05) is 68.5 Å². The van der Waals surface area contributed by atoms with Gasteiger partial charge in [0.1, 0.15) is 11.6 Å². The molecule has 1 radical (unpaired) electrons. The molecule has 0 aliphatic rings. The summed E-state index contributed by atoms with van der Waals surface area (Å²) in [6, 6.07) is 73.5. The number of benzene rings is 8. The van der Waals surface area contributed by atoms with E-state index in [0.717, 1.165) is 0 Å². The minimum atomic E-state index is -3.52. The first-order valence-electron chi connectivity index (χ1n) is 25.5. The van der Waals surface area contributed by atoms with E-state index in [1.54, 1.807) is 13.8 Å². The summed E-state index contributed by atoms with van der Waals surface area (Å²) >= 11 is 0. The minimum absolute atomic E-state index is 0. The van der Waals surface area contributed by atoms with Crippen LogP contribution in [0.4, 0.5) is 0 Å². The fourth-order valence-corrected chi connectivity index (χ4v) is 26.4. The van der Waals surface area contributed by atoms with Gasteiger partial charge >= 0.3 is 40.8 Å². The van der Waals surface area contributed by atoms with Crippen molar-refractivity contribution >= 4 is 82.6 Å². The van der Waals surface area contributed by atoms with Gasteiger partial charge in [-0.25, -0.2) is 0 Å². The Morgan fingerprint density at radius 3 is 0.506 bits per heavy atom. The fraction of sp³-hybridized carbons (Fsp3) is 0.167. The number of Topliss-reactive ketones (excluding diaryl/α,β-unsaturated/α-hetero) is 2. The van der Waals surface area contributed by atoms with E-state index in [4.69, 9.17) is 56.2 Å². The number of hydrogen-bond acceptors (Lipinski definition) is 17. The number of aliphatic hydroxyl groups is 2. The van der Waals surface area contributed by atoms with Gasteiger partial charge < -0.3 is 74.4 Å². The van der Waals surface area contributed by atoms with E-state index >= 15 is 18.3 Å². The molecule has 0 aromatic heterocycles. The van der Waals surface area contributed by atoms with Crippen LogP contribution >= 0.6 is 28.6 Å². The molecule has 0 aliphatic heterocycles. The summed E-state index contributed by atoms with van der Waals surface area (Å²) in [6.07, 6.45) is -0.107. The summed E-state index contributed by atoms with van der Waals surface area (Å²) in [4.78, 5) is 50.0. The van der Waals surface area contributed by atoms with Gasteiger partial charge in [0.25, 0.3) is 0 Å². The third-order valence-corrected chi connectivity index (χ3v) is 28.3. The molecule has 0 saturated heterocycles. The number of ketones is 2. The molecule has 0 bridgehead atoms. The van der Waals surface area contributed by atoms with Crippen molar-refractivity contribution in [3.05, 3.63) is 289 Å². The second-order valence-corrected chi connectivity index (χ2v) is 30.1. The van der Waals surface area contributed by atoms with Gasteiger partial charge in [-0.2, -0.15) is 0 Å². The predicted molar refractivity (Wildman–Crippen MR) is 334 cm³/mol. The third kappa shape index (κ3) is 23.0. The second kappa shape index (κ2) is 39.5. The molecule has 8 aromatic rings. The molecule has 85 heavy (non-hydrogen) atoms. The Morgan fingerprint density at radius 2 is 0.424 bits per heavy atom. The van der Waals surface area contributed by atoms with E-state index in [-0.39, 0.29) is 78.5 Å².